The van der Waals surface area contributed by atoms with Crippen molar-refractivity contribution >= 4 is 55.4 Å². The average molecular weight is 370 g/mol. The SMILES string of the molecule is Clc1ccc2c(c1)oc1ccc3oc(-c4cccc5ccccc45)nc3c12. The van der Waals surface area contributed by atoms with E-state index < -0.39 is 0 Å². The van der Waals surface area contributed by atoms with Gasteiger partial charge in [-0.25, -0.2) is 4.98 Å². The molecule has 3 nitrogen and oxygen atoms in total. The first-order valence-corrected chi connectivity index (χ1v) is 9.05. The van der Waals surface area contributed by atoms with Crippen LogP contribution in [0.15, 0.2) is 81.6 Å². The van der Waals surface area contributed by atoms with Crippen molar-refractivity contribution in [2.45, 2.75) is 0 Å². The number of rotatable bonds is 1. The summed E-state index contributed by atoms with van der Waals surface area (Å²) in [4.78, 5) is 4.85. The summed E-state index contributed by atoms with van der Waals surface area (Å²) in [7, 11) is 0. The predicted molar refractivity (Wildman–Crippen MR) is 109 cm³/mol. The number of hydrogen-bond donors (Lipinski definition) is 0. The number of hydrogen-bond acceptors (Lipinski definition) is 3. The molecule has 0 fully saturated rings. The Bertz CT molecular complexity index is 1490. The number of aromatic nitrogens is 1. The van der Waals surface area contributed by atoms with Gasteiger partial charge in [0.25, 0.3) is 0 Å². The van der Waals surface area contributed by atoms with Crippen LogP contribution >= 0.6 is 11.6 Å². The lowest BCUT2D eigenvalue weighted by atomic mass is 10.0. The van der Waals surface area contributed by atoms with Crippen LogP contribution in [0.2, 0.25) is 5.02 Å². The van der Waals surface area contributed by atoms with Crippen molar-refractivity contribution in [2.24, 2.45) is 0 Å². The molecule has 0 aliphatic carbocycles. The van der Waals surface area contributed by atoms with Crippen LogP contribution in [0.4, 0.5) is 0 Å². The molecule has 0 amide bonds. The van der Waals surface area contributed by atoms with Crippen LogP contribution in [0.3, 0.4) is 0 Å². The highest BCUT2D eigenvalue weighted by Crippen LogP contribution is 2.38. The van der Waals surface area contributed by atoms with E-state index in [1.165, 1.54) is 0 Å². The Kier molecular flexibility index (Phi) is 2.94. The van der Waals surface area contributed by atoms with Gasteiger partial charge in [0.2, 0.25) is 5.89 Å². The molecule has 2 aromatic heterocycles. The maximum absolute atomic E-state index is 6.13. The second kappa shape index (κ2) is 5.35. The van der Waals surface area contributed by atoms with Crippen molar-refractivity contribution in [3.63, 3.8) is 0 Å². The number of nitrogens with zero attached hydrogens (tertiary/aromatic N) is 1. The zero-order valence-corrected chi connectivity index (χ0v) is 14.8. The highest BCUT2D eigenvalue weighted by molar-refractivity contribution is 6.31. The number of halogens is 1. The minimum absolute atomic E-state index is 0.609. The Hall–Kier alpha value is -3.30. The van der Waals surface area contributed by atoms with Gasteiger partial charge in [0.15, 0.2) is 5.58 Å². The van der Waals surface area contributed by atoms with Crippen molar-refractivity contribution in [1.29, 1.82) is 0 Å². The third kappa shape index (κ3) is 2.12. The zero-order chi connectivity index (χ0) is 18.0. The van der Waals surface area contributed by atoms with Gasteiger partial charge in [-0.2, -0.15) is 0 Å². The molecule has 0 aliphatic rings. The minimum Gasteiger partial charge on any atom is -0.456 e. The van der Waals surface area contributed by atoms with Gasteiger partial charge < -0.3 is 8.83 Å². The summed E-state index contributed by atoms with van der Waals surface area (Å²) < 4.78 is 12.1. The number of fused-ring (bicyclic) bond motifs is 6. The molecule has 0 saturated carbocycles. The Morgan fingerprint density at radius 3 is 2.52 bits per heavy atom. The molecule has 0 radical (unpaired) electrons. The molecular weight excluding hydrogens is 358 g/mol. The molecule has 4 aromatic carbocycles. The summed E-state index contributed by atoms with van der Waals surface area (Å²) >= 11 is 6.11. The van der Waals surface area contributed by atoms with Crippen LogP contribution in [0.25, 0.3) is 55.3 Å². The topological polar surface area (TPSA) is 39.2 Å². The fourth-order valence-electron chi connectivity index (χ4n) is 3.75. The molecule has 0 atom stereocenters. The Morgan fingerprint density at radius 2 is 1.56 bits per heavy atom. The lowest BCUT2D eigenvalue weighted by Crippen LogP contribution is -1.80. The lowest BCUT2D eigenvalue weighted by molar-refractivity contribution is 0.620. The van der Waals surface area contributed by atoms with Crippen molar-refractivity contribution in [3.05, 3.63) is 77.8 Å². The van der Waals surface area contributed by atoms with E-state index in [1.807, 2.05) is 54.6 Å². The van der Waals surface area contributed by atoms with Gasteiger partial charge in [-0.1, -0.05) is 48.0 Å². The first kappa shape index (κ1) is 14.8. The molecule has 4 heteroatoms. The van der Waals surface area contributed by atoms with Gasteiger partial charge in [0.05, 0.1) is 5.39 Å². The molecule has 0 unspecified atom stereocenters. The molecule has 27 heavy (non-hydrogen) atoms. The maximum atomic E-state index is 6.13. The molecule has 0 saturated heterocycles. The quantitative estimate of drug-likeness (QED) is 0.307. The van der Waals surface area contributed by atoms with E-state index in [1.54, 1.807) is 0 Å². The molecule has 0 N–H and O–H groups in total. The normalized spacial score (nSPS) is 11.9. The molecule has 128 valence electrons. The monoisotopic (exact) mass is 369 g/mol. The molecule has 6 rings (SSSR count). The number of benzene rings is 4. The van der Waals surface area contributed by atoms with Crippen LogP contribution in [-0.4, -0.2) is 4.98 Å². The maximum Gasteiger partial charge on any atom is 0.227 e. The van der Waals surface area contributed by atoms with E-state index in [9.17, 15) is 0 Å². The largest absolute Gasteiger partial charge is 0.456 e. The van der Waals surface area contributed by atoms with E-state index in [2.05, 4.69) is 18.2 Å². The number of furan rings is 1. The smallest absolute Gasteiger partial charge is 0.227 e. The van der Waals surface area contributed by atoms with Crippen LogP contribution in [0, 0.1) is 0 Å². The summed E-state index contributed by atoms with van der Waals surface area (Å²) in [5, 5.41) is 4.86. The summed E-state index contributed by atoms with van der Waals surface area (Å²) in [6, 6.07) is 23.9. The van der Waals surface area contributed by atoms with Crippen molar-refractivity contribution in [2.75, 3.05) is 0 Å². The van der Waals surface area contributed by atoms with Crippen molar-refractivity contribution in [3.8, 4) is 11.5 Å². The van der Waals surface area contributed by atoms with Gasteiger partial charge in [0, 0.05) is 22.0 Å². The third-order valence-corrected chi connectivity index (χ3v) is 5.21. The highest BCUT2D eigenvalue weighted by atomic mass is 35.5. The van der Waals surface area contributed by atoms with Crippen LogP contribution < -0.4 is 0 Å². The van der Waals surface area contributed by atoms with E-state index >= 15 is 0 Å². The third-order valence-electron chi connectivity index (χ3n) is 4.98. The molecule has 6 aromatic rings. The summed E-state index contributed by atoms with van der Waals surface area (Å²) in [6.45, 7) is 0. The second-order valence-electron chi connectivity index (χ2n) is 6.57. The molecule has 0 aliphatic heterocycles. The molecular formula is C23H12ClNO2. The van der Waals surface area contributed by atoms with E-state index in [-0.39, 0.29) is 0 Å². The standard InChI is InChI=1S/C23H12ClNO2/c24-14-8-9-17-20(12-14)26-18-10-11-19-22(21(17)18)25-23(27-19)16-7-3-5-13-4-1-2-6-15(13)16/h1-12H. The predicted octanol–water partition coefficient (Wildman–Crippen LogP) is 7.20. The highest BCUT2D eigenvalue weighted by Gasteiger charge is 2.17. The van der Waals surface area contributed by atoms with Crippen LogP contribution in [0.1, 0.15) is 0 Å². The van der Waals surface area contributed by atoms with Gasteiger partial charge in [-0.15, -0.1) is 0 Å². The molecule has 2 heterocycles. The van der Waals surface area contributed by atoms with Gasteiger partial charge in [0.1, 0.15) is 16.7 Å². The number of oxazole rings is 1. The fraction of sp³-hybridized carbons (Fsp3) is 0. The zero-order valence-electron chi connectivity index (χ0n) is 14.1. The average Bonchev–Trinajstić information content (AvgIpc) is 3.27. The van der Waals surface area contributed by atoms with E-state index in [0.29, 0.717) is 10.9 Å². The first-order chi connectivity index (χ1) is 13.3. The first-order valence-electron chi connectivity index (χ1n) is 8.67. The Morgan fingerprint density at radius 1 is 0.704 bits per heavy atom. The van der Waals surface area contributed by atoms with Gasteiger partial charge in [-0.3, -0.25) is 0 Å². The van der Waals surface area contributed by atoms with Crippen molar-refractivity contribution < 1.29 is 8.83 Å². The second-order valence-corrected chi connectivity index (χ2v) is 7.01. The summed E-state index contributed by atoms with van der Waals surface area (Å²) in [6.07, 6.45) is 0. The van der Waals surface area contributed by atoms with E-state index in [0.717, 1.165) is 49.4 Å². The Labute approximate surface area is 158 Å². The molecule has 0 bridgehead atoms. The van der Waals surface area contributed by atoms with Crippen LogP contribution in [-0.2, 0) is 0 Å². The van der Waals surface area contributed by atoms with Crippen molar-refractivity contribution in [1.82, 2.24) is 4.98 Å². The lowest BCUT2D eigenvalue weighted by Gasteiger charge is -2.01. The molecule has 0 spiro atoms. The van der Waals surface area contributed by atoms with Crippen LogP contribution in [0.5, 0.6) is 0 Å². The summed E-state index contributed by atoms with van der Waals surface area (Å²) in [5.74, 6) is 0.609. The summed E-state index contributed by atoms with van der Waals surface area (Å²) in [5.41, 5.74) is 4.05. The Balaban J connectivity index is 1.70. The van der Waals surface area contributed by atoms with E-state index in [4.69, 9.17) is 25.4 Å². The fourth-order valence-corrected chi connectivity index (χ4v) is 3.92. The minimum atomic E-state index is 0.609. The van der Waals surface area contributed by atoms with Gasteiger partial charge in [-0.05, 0) is 41.1 Å². The van der Waals surface area contributed by atoms with Gasteiger partial charge >= 0.3 is 0 Å².